The average molecular weight is 222 g/mol. The molecule has 1 atom stereocenters. The van der Waals surface area contributed by atoms with Gasteiger partial charge in [-0.25, -0.2) is 0 Å². The van der Waals surface area contributed by atoms with Crippen LogP contribution in [0.3, 0.4) is 0 Å². The maximum Gasteiger partial charge on any atom is 0.0855 e. The van der Waals surface area contributed by atoms with E-state index in [0.717, 1.165) is 26.1 Å². The molecule has 16 heavy (non-hydrogen) atoms. The Kier molecular flexibility index (Phi) is 3.49. The van der Waals surface area contributed by atoms with E-state index in [4.69, 9.17) is 0 Å². The summed E-state index contributed by atoms with van der Waals surface area (Å²) in [6.07, 6.45) is 4.36. The molecule has 2 heterocycles. The molecule has 0 bridgehead atoms. The molecule has 0 aliphatic carbocycles. The smallest absolute Gasteiger partial charge is 0.0855 e. The monoisotopic (exact) mass is 222 g/mol. The number of aromatic nitrogens is 2. The zero-order chi connectivity index (χ0) is 11.5. The van der Waals surface area contributed by atoms with E-state index in [9.17, 15) is 0 Å². The number of nitrogens with one attached hydrogen (secondary N) is 1. The second kappa shape index (κ2) is 4.87. The Morgan fingerprint density at radius 1 is 1.50 bits per heavy atom. The Balaban J connectivity index is 2.26. The lowest BCUT2D eigenvalue weighted by atomic mass is 10.1. The van der Waals surface area contributed by atoms with Crippen LogP contribution in [0.15, 0.2) is 6.20 Å². The van der Waals surface area contributed by atoms with Gasteiger partial charge in [0.05, 0.1) is 11.4 Å². The van der Waals surface area contributed by atoms with Crippen LogP contribution in [0.25, 0.3) is 0 Å². The predicted octanol–water partition coefficient (Wildman–Crippen LogP) is 1.17. The molecule has 90 valence electrons. The summed E-state index contributed by atoms with van der Waals surface area (Å²) in [7, 11) is 2.01. The van der Waals surface area contributed by atoms with Crippen LogP contribution in [0.5, 0.6) is 0 Å². The lowest BCUT2D eigenvalue weighted by Crippen LogP contribution is -2.51. The van der Waals surface area contributed by atoms with Crippen molar-refractivity contribution in [3.63, 3.8) is 0 Å². The number of hydrogen-bond donors (Lipinski definition) is 1. The Morgan fingerprint density at radius 2 is 2.31 bits per heavy atom. The molecule has 2 rings (SSSR count). The largest absolute Gasteiger partial charge is 0.363 e. The number of aryl methyl sites for hydroxylation is 2. The summed E-state index contributed by atoms with van der Waals surface area (Å²) >= 11 is 0. The third-order valence-corrected chi connectivity index (χ3v) is 3.35. The van der Waals surface area contributed by atoms with Crippen LogP contribution in [-0.4, -0.2) is 35.5 Å². The van der Waals surface area contributed by atoms with Gasteiger partial charge in [0.25, 0.3) is 0 Å². The van der Waals surface area contributed by atoms with Gasteiger partial charge in [0.1, 0.15) is 0 Å². The molecule has 4 nitrogen and oxygen atoms in total. The van der Waals surface area contributed by atoms with Crippen molar-refractivity contribution in [2.24, 2.45) is 7.05 Å². The van der Waals surface area contributed by atoms with Gasteiger partial charge in [-0.1, -0.05) is 13.8 Å². The molecule has 1 unspecified atom stereocenters. The van der Waals surface area contributed by atoms with Crippen molar-refractivity contribution in [3.05, 3.63) is 11.9 Å². The Morgan fingerprint density at radius 3 is 3.00 bits per heavy atom. The highest BCUT2D eigenvalue weighted by Gasteiger charge is 2.23. The minimum Gasteiger partial charge on any atom is -0.363 e. The van der Waals surface area contributed by atoms with Crippen LogP contribution >= 0.6 is 0 Å². The first kappa shape index (κ1) is 11.5. The summed E-state index contributed by atoms with van der Waals surface area (Å²) in [5, 5.41) is 7.99. The molecule has 0 aromatic carbocycles. The Labute approximate surface area is 97.6 Å². The van der Waals surface area contributed by atoms with Crippen molar-refractivity contribution >= 4 is 5.69 Å². The fourth-order valence-electron chi connectivity index (χ4n) is 2.46. The molecule has 1 aromatic heterocycles. The molecule has 1 aliphatic rings. The van der Waals surface area contributed by atoms with Crippen molar-refractivity contribution in [1.29, 1.82) is 0 Å². The highest BCUT2D eigenvalue weighted by molar-refractivity contribution is 5.51. The summed E-state index contributed by atoms with van der Waals surface area (Å²) in [5.41, 5.74) is 2.56. The normalized spacial score (nSPS) is 21.4. The molecule has 0 amide bonds. The fraction of sp³-hybridized carbons (Fsp3) is 0.750. The Bertz CT molecular complexity index is 345. The maximum atomic E-state index is 4.53. The molecule has 1 N–H and O–H groups in total. The fourth-order valence-corrected chi connectivity index (χ4v) is 2.46. The maximum absolute atomic E-state index is 4.53. The topological polar surface area (TPSA) is 33.1 Å². The van der Waals surface area contributed by atoms with Gasteiger partial charge in [-0.3, -0.25) is 4.68 Å². The van der Waals surface area contributed by atoms with E-state index in [0.29, 0.717) is 6.04 Å². The van der Waals surface area contributed by atoms with Gasteiger partial charge in [0.2, 0.25) is 0 Å². The van der Waals surface area contributed by atoms with Crippen LogP contribution < -0.4 is 10.2 Å². The highest BCUT2D eigenvalue weighted by Crippen LogP contribution is 2.23. The van der Waals surface area contributed by atoms with Crippen LogP contribution in [0, 0.1) is 0 Å². The SMILES string of the molecule is CCc1nn(C)cc1N1CCNCC1CC. The summed E-state index contributed by atoms with van der Waals surface area (Å²) < 4.78 is 1.93. The van der Waals surface area contributed by atoms with Crippen LogP contribution in [0.4, 0.5) is 5.69 Å². The number of anilines is 1. The van der Waals surface area contributed by atoms with Gasteiger partial charge in [0, 0.05) is 38.9 Å². The minimum absolute atomic E-state index is 0.614. The molecule has 1 saturated heterocycles. The van der Waals surface area contributed by atoms with Gasteiger partial charge in [-0.05, 0) is 12.8 Å². The zero-order valence-electron chi connectivity index (χ0n) is 10.5. The molecule has 1 aromatic rings. The molecular weight excluding hydrogens is 200 g/mol. The first-order valence-corrected chi connectivity index (χ1v) is 6.26. The van der Waals surface area contributed by atoms with Crippen molar-refractivity contribution in [1.82, 2.24) is 15.1 Å². The van der Waals surface area contributed by atoms with Crippen molar-refractivity contribution in [2.75, 3.05) is 24.5 Å². The van der Waals surface area contributed by atoms with Crippen LogP contribution in [-0.2, 0) is 13.5 Å². The van der Waals surface area contributed by atoms with E-state index >= 15 is 0 Å². The zero-order valence-corrected chi connectivity index (χ0v) is 10.5. The summed E-state index contributed by atoms with van der Waals surface area (Å²) in [4.78, 5) is 2.52. The van der Waals surface area contributed by atoms with Crippen LogP contribution in [0.2, 0.25) is 0 Å². The second-order valence-corrected chi connectivity index (χ2v) is 4.45. The van der Waals surface area contributed by atoms with E-state index in [1.807, 2.05) is 11.7 Å². The van der Waals surface area contributed by atoms with Crippen molar-refractivity contribution in [2.45, 2.75) is 32.7 Å². The van der Waals surface area contributed by atoms with Gasteiger partial charge in [-0.2, -0.15) is 5.10 Å². The first-order chi connectivity index (χ1) is 7.76. The first-order valence-electron chi connectivity index (χ1n) is 6.26. The van der Waals surface area contributed by atoms with Gasteiger partial charge in [0.15, 0.2) is 0 Å². The average Bonchev–Trinajstić information content (AvgIpc) is 2.70. The lowest BCUT2D eigenvalue weighted by molar-refractivity contribution is 0.465. The quantitative estimate of drug-likeness (QED) is 0.833. The molecule has 0 saturated carbocycles. The van der Waals surface area contributed by atoms with E-state index < -0.39 is 0 Å². The third kappa shape index (κ3) is 2.07. The van der Waals surface area contributed by atoms with Gasteiger partial charge < -0.3 is 10.2 Å². The molecule has 0 spiro atoms. The second-order valence-electron chi connectivity index (χ2n) is 4.45. The molecule has 1 fully saturated rings. The van der Waals surface area contributed by atoms with E-state index in [2.05, 4.69) is 35.4 Å². The summed E-state index contributed by atoms with van der Waals surface area (Å²) in [6.45, 7) is 7.70. The minimum atomic E-state index is 0.614. The number of hydrogen-bond acceptors (Lipinski definition) is 3. The number of nitrogens with zero attached hydrogens (tertiary/aromatic N) is 3. The molecule has 1 aliphatic heterocycles. The van der Waals surface area contributed by atoms with Gasteiger partial charge in [-0.15, -0.1) is 0 Å². The summed E-state index contributed by atoms with van der Waals surface area (Å²) in [5.74, 6) is 0. The van der Waals surface area contributed by atoms with Crippen LogP contribution in [0.1, 0.15) is 26.0 Å². The Hall–Kier alpha value is -1.03. The van der Waals surface area contributed by atoms with E-state index in [1.54, 1.807) is 0 Å². The highest BCUT2D eigenvalue weighted by atomic mass is 15.3. The van der Waals surface area contributed by atoms with E-state index in [1.165, 1.54) is 17.8 Å². The summed E-state index contributed by atoms with van der Waals surface area (Å²) in [6, 6.07) is 0.614. The molecule has 4 heteroatoms. The van der Waals surface area contributed by atoms with E-state index in [-0.39, 0.29) is 0 Å². The predicted molar refractivity (Wildman–Crippen MR) is 66.9 cm³/mol. The lowest BCUT2D eigenvalue weighted by Gasteiger charge is -2.37. The molecular formula is C12H22N4. The van der Waals surface area contributed by atoms with Gasteiger partial charge >= 0.3 is 0 Å². The third-order valence-electron chi connectivity index (χ3n) is 3.35. The molecule has 0 radical (unpaired) electrons. The standard InChI is InChI=1S/C12H22N4/c1-4-10-8-13-6-7-16(10)12-9-15(3)14-11(12)5-2/h9-10,13H,4-8H2,1-3H3. The van der Waals surface area contributed by atoms with Crippen molar-refractivity contribution < 1.29 is 0 Å². The number of piperazine rings is 1. The number of rotatable bonds is 3. The van der Waals surface area contributed by atoms with Crippen molar-refractivity contribution in [3.8, 4) is 0 Å².